The highest BCUT2D eigenvalue weighted by Crippen LogP contribution is 2.30. The molecule has 1 heterocycles. The first-order chi connectivity index (χ1) is 8.61. The summed E-state index contributed by atoms with van der Waals surface area (Å²) >= 11 is 11.8. The molecule has 3 N–H and O–H groups in total. The molecule has 0 aliphatic carbocycles. The molecule has 4 nitrogen and oxygen atoms in total. The number of pyridine rings is 1. The van der Waals surface area contributed by atoms with Crippen LogP contribution in [0.4, 0.5) is 17.2 Å². The van der Waals surface area contributed by atoms with E-state index in [4.69, 9.17) is 34.2 Å². The Balaban J connectivity index is 2.38. The van der Waals surface area contributed by atoms with Crippen molar-refractivity contribution in [3.8, 4) is 6.07 Å². The van der Waals surface area contributed by atoms with Gasteiger partial charge in [0.1, 0.15) is 6.07 Å². The van der Waals surface area contributed by atoms with Gasteiger partial charge in [-0.2, -0.15) is 5.26 Å². The maximum Gasteiger partial charge on any atom is 0.154 e. The largest absolute Gasteiger partial charge is 0.395 e. The molecule has 0 aliphatic rings. The minimum absolute atomic E-state index is 0.283. The quantitative estimate of drug-likeness (QED) is 0.880. The molecule has 0 saturated heterocycles. The van der Waals surface area contributed by atoms with Crippen LogP contribution in [-0.4, -0.2) is 4.98 Å². The summed E-state index contributed by atoms with van der Waals surface area (Å²) in [6.07, 6.45) is 1.50. The first-order valence-corrected chi connectivity index (χ1v) is 5.74. The third-order valence-corrected chi connectivity index (χ3v) is 2.84. The lowest BCUT2D eigenvalue weighted by molar-refractivity contribution is 1.30. The van der Waals surface area contributed by atoms with Gasteiger partial charge in [-0.25, -0.2) is 4.98 Å². The van der Waals surface area contributed by atoms with Gasteiger partial charge in [-0.05, 0) is 24.3 Å². The Morgan fingerprint density at radius 3 is 2.72 bits per heavy atom. The number of nitrogen functional groups attached to an aromatic ring is 1. The molecule has 18 heavy (non-hydrogen) atoms. The predicted molar refractivity (Wildman–Crippen MR) is 73.1 cm³/mol. The second-order valence-electron chi connectivity index (χ2n) is 3.48. The van der Waals surface area contributed by atoms with Crippen molar-refractivity contribution in [2.24, 2.45) is 0 Å². The molecular formula is C12H8Cl2N4. The average Bonchev–Trinajstić information content (AvgIpc) is 2.35. The Morgan fingerprint density at radius 1 is 1.28 bits per heavy atom. The lowest BCUT2D eigenvalue weighted by Gasteiger charge is -2.10. The van der Waals surface area contributed by atoms with Gasteiger partial charge in [0, 0.05) is 11.2 Å². The SMILES string of the molecule is N#Cc1ccnc(Nc2ccc(Cl)cc2Cl)c1N. The molecule has 0 fully saturated rings. The van der Waals surface area contributed by atoms with Gasteiger partial charge in [0.2, 0.25) is 0 Å². The molecule has 0 unspecified atom stereocenters. The Bertz CT molecular complexity index is 634. The van der Waals surface area contributed by atoms with Crippen LogP contribution in [0.25, 0.3) is 0 Å². The number of nitriles is 1. The summed E-state index contributed by atoms with van der Waals surface area (Å²) in [6, 6.07) is 8.55. The van der Waals surface area contributed by atoms with E-state index < -0.39 is 0 Å². The van der Waals surface area contributed by atoms with Crippen LogP contribution in [0.5, 0.6) is 0 Å². The zero-order valence-corrected chi connectivity index (χ0v) is 10.6. The van der Waals surface area contributed by atoms with E-state index in [0.717, 1.165) is 0 Å². The number of hydrogen-bond acceptors (Lipinski definition) is 4. The van der Waals surface area contributed by atoms with Crippen LogP contribution in [0.1, 0.15) is 5.56 Å². The smallest absolute Gasteiger partial charge is 0.154 e. The lowest BCUT2D eigenvalue weighted by Crippen LogP contribution is -2.01. The van der Waals surface area contributed by atoms with E-state index in [-0.39, 0.29) is 5.69 Å². The van der Waals surface area contributed by atoms with Gasteiger partial charge in [-0.1, -0.05) is 23.2 Å². The molecule has 2 aromatic rings. The highest BCUT2D eigenvalue weighted by atomic mass is 35.5. The minimum Gasteiger partial charge on any atom is -0.395 e. The molecule has 0 amide bonds. The molecule has 2 rings (SSSR count). The van der Waals surface area contributed by atoms with Crippen LogP contribution in [-0.2, 0) is 0 Å². The highest BCUT2D eigenvalue weighted by molar-refractivity contribution is 6.36. The Kier molecular flexibility index (Phi) is 3.56. The summed E-state index contributed by atoms with van der Waals surface area (Å²) in [7, 11) is 0. The van der Waals surface area contributed by atoms with E-state index >= 15 is 0 Å². The molecule has 90 valence electrons. The van der Waals surface area contributed by atoms with Gasteiger partial charge in [0.25, 0.3) is 0 Å². The summed E-state index contributed by atoms with van der Waals surface area (Å²) in [5.41, 5.74) is 7.07. The van der Waals surface area contributed by atoms with E-state index in [0.29, 0.717) is 27.1 Å². The maximum absolute atomic E-state index is 8.87. The number of nitrogens with zero attached hydrogens (tertiary/aromatic N) is 2. The second kappa shape index (κ2) is 5.13. The van der Waals surface area contributed by atoms with Gasteiger partial charge in [0.05, 0.1) is 22.0 Å². The lowest BCUT2D eigenvalue weighted by atomic mass is 10.2. The highest BCUT2D eigenvalue weighted by Gasteiger charge is 2.08. The van der Waals surface area contributed by atoms with E-state index in [1.54, 1.807) is 24.3 Å². The number of benzene rings is 1. The molecule has 1 aromatic carbocycles. The Labute approximate surface area is 114 Å². The van der Waals surface area contributed by atoms with Gasteiger partial charge in [-0.15, -0.1) is 0 Å². The van der Waals surface area contributed by atoms with Gasteiger partial charge >= 0.3 is 0 Å². The van der Waals surface area contributed by atoms with Crippen molar-refractivity contribution in [1.82, 2.24) is 4.98 Å². The minimum atomic E-state index is 0.283. The monoisotopic (exact) mass is 278 g/mol. The van der Waals surface area contributed by atoms with Crippen LogP contribution >= 0.6 is 23.2 Å². The standard InChI is InChI=1S/C12H8Cl2N4/c13-8-1-2-10(9(14)5-8)18-12-11(16)7(6-15)3-4-17-12/h1-5H,16H2,(H,17,18). The molecule has 0 atom stereocenters. The van der Waals surface area contributed by atoms with Crippen molar-refractivity contribution in [3.63, 3.8) is 0 Å². The van der Waals surface area contributed by atoms with E-state index in [9.17, 15) is 0 Å². The number of anilines is 3. The van der Waals surface area contributed by atoms with Crippen molar-refractivity contribution in [2.45, 2.75) is 0 Å². The zero-order valence-electron chi connectivity index (χ0n) is 9.11. The molecular weight excluding hydrogens is 271 g/mol. The normalized spacial score (nSPS) is 9.83. The molecule has 6 heteroatoms. The third kappa shape index (κ3) is 2.48. The molecule has 0 bridgehead atoms. The fourth-order valence-electron chi connectivity index (χ4n) is 1.39. The Morgan fingerprint density at radius 2 is 2.06 bits per heavy atom. The fraction of sp³-hybridized carbons (Fsp3) is 0. The van der Waals surface area contributed by atoms with E-state index in [2.05, 4.69) is 10.3 Å². The number of nitrogens with two attached hydrogens (primary N) is 1. The van der Waals surface area contributed by atoms with E-state index in [1.807, 2.05) is 6.07 Å². The van der Waals surface area contributed by atoms with Crippen molar-refractivity contribution in [1.29, 1.82) is 5.26 Å². The van der Waals surface area contributed by atoms with E-state index in [1.165, 1.54) is 6.20 Å². The second-order valence-corrected chi connectivity index (χ2v) is 4.33. The van der Waals surface area contributed by atoms with Crippen molar-refractivity contribution in [2.75, 3.05) is 11.1 Å². The van der Waals surface area contributed by atoms with Crippen LogP contribution in [0.2, 0.25) is 10.0 Å². The van der Waals surface area contributed by atoms with Gasteiger partial charge in [-0.3, -0.25) is 0 Å². The molecule has 0 spiro atoms. The summed E-state index contributed by atoms with van der Waals surface area (Å²) in [4.78, 5) is 4.07. The first-order valence-electron chi connectivity index (χ1n) is 4.98. The molecule has 0 saturated carbocycles. The summed E-state index contributed by atoms with van der Waals surface area (Å²) in [5.74, 6) is 0.387. The number of aromatic nitrogens is 1. The molecule has 0 radical (unpaired) electrons. The predicted octanol–water partition coefficient (Wildman–Crippen LogP) is 3.59. The van der Waals surface area contributed by atoms with Crippen LogP contribution < -0.4 is 11.1 Å². The maximum atomic E-state index is 8.87. The summed E-state index contributed by atoms with van der Waals surface area (Å²) in [5, 5.41) is 12.8. The van der Waals surface area contributed by atoms with Crippen LogP contribution in [0.15, 0.2) is 30.5 Å². The van der Waals surface area contributed by atoms with Crippen LogP contribution in [0.3, 0.4) is 0 Å². The average molecular weight is 279 g/mol. The molecule has 1 aromatic heterocycles. The number of nitrogens with one attached hydrogen (secondary N) is 1. The number of hydrogen-bond donors (Lipinski definition) is 2. The first kappa shape index (κ1) is 12.5. The van der Waals surface area contributed by atoms with Crippen molar-refractivity contribution < 1.29 is 0 Å². The van der Waals surface area contributed by atoms with Gasteiger partial charge < -0.3 is 11.1 Å². The Hall–Kier alpha value is -1.96. The topological polar surface area (TPSA) is 74.7 Å². The third-order valence-electron chi connectivity index (χ3n) is 2.29. The van der Waals surface area contributed by atoms with Gasteiger partial charge in [0.15, 0.2) is 5.82 Å². The zero-order chi connectivity index (χ0) is 13.1. The van der Waals surface area contributed by atoms with Crippen molar-refractivity contribution >= 4 is 40.4 Å². The van der Waals surface area contributed by atoms with Crippen molar-refractivity contribution in [3.05, 3.63) is 46.1 Å². The van der Waals surface area contributed by atoms with Crippen LogP contribution in [0, 0.1) is 11.3 Å². The number of rotatable bonds is 2. The summed E-state index contributed by atoms with van der Waals surface area (Å²) < 4.78 is 0. The molecule has 0 aliphatic heterocycles. The number of halogens is 2. The summed E-state index contributed by atoms with van der Waals surface area (Å²) in [6.45, 7) is 0. The fourth-order valence-corrected chi connectivity index (χ4v) is 1.84.